The molecule has 0 unspecified atom stereocenters. The van der Waals surface area contributed by atoms with Crippen molar-refractivity contribution in [1.82, 2.24) is 5.01 Å². The Morgan fingerprint density at radius 1 is 1.04 bits per heavy atom. The van der Waals surface area contributed by atoms with Crippen molar-refractivity contribution in [2.75, 3.05) is 19.8 Å². The van der Waals surface area contributed by atoms with Crippen LogP contribution in [0, 0.1) is 0 Å². The molecule has 0 saturated heterocycles. The number of para-hydroxylation sites is 1. The zero-order chi connectivity index (χ0) is 18.4. The highest BCUT2D eigenvalue weighted by Gasteiger charge is 2.22. The molecule has 0 radical (unpaired) electrons. The number of benzene rings is 2. The van der Waals surface area contributed by atoms with Gasteiger partial charge in [0, 0.05) is 6.42 Å². The lowest BCUT2D eigenvalue weighted by Crippen LogP contribution is -2.29. The van der Waals surface area contributed by atoms with Crippen LogP contribution in [0.1, 0.15) is 12.0 Å². The monoisotopic (exact) mass is 372 g/mol. The molecule has 1 amide bonds. The maximum atomic E-state index is 12.1. The molecular formula is C19H17ClN2O4. The molecule has 134 valence electrons. The van der Waals surface area contributed by atoms with Crippen molar-refractivity contribution in [3.8, 4) is 5.75 Å². The Morgan fingerprint density at radius 2 is 1.77 bits per heavy atom. The summed E-state index contributed by atoms with van der Waals surface area (Å²) in [7, 11) is 0. The summed E-state index contributed by atoms with van der Waals surface area (Å²) in [6.07, 6.45) is 0.666. The number of hydrogen-bond donors (Lipinski definition) is 0. The summed E-state index contributed by atoms with van der Waals surface area (Å²) in [5.74, 6) is -0.638. The Morgan fingerprint density at radius 3 is 2.54 bits per heavy atom. The topological polar surface area (TPSA) is 68.2 Å². The van der Waals surface area contributed by atoms with Gasteiger partial charge in [-0.15, -0.1) is 0 Å². The normalized spacial score (nSPS) is 13.3. The first-order valence-corrected chi connectivity index (χ1v) is 8.47. The molecule has 0 saturated carbocycles. The number of hydrazone groups is 1. The third-order valence-corrected chi connectivity index (χ3v) is 4.05. The highest BCUT2D eigenvalue weighted by Crippen LogP contribution is 2.22. The van der Waals surface area contributed by atoms with Gasteiger partial charge in [-0.25, -0.2) is 9.80 Å². The van der Waals surface area contributed by atoms with Gasteiger partial charge in [-0.3, -0.25) is 4.79 Å². The van der Waals surface area contributed by atoms with Gasteiger partial charge in [0.15, 0.2) is 13.2 Å². The smallest absolute Gasteiger partial charge is 0.344 e. The van der Waals surface area contributed by atoms with Gasteiger partial charge in [0.05, 0.1) is 17.3 Å². The van der Waals surface area contributed by atoms with E-state index in [1.165, 1.54) is 5.01 Å². The summed E-state index contributed by atoms with van der Waals surface area (Å²) in [5, 5.41) is 6.03. The van der Waals surface area contributed by atoms with Crippen LogP contribution in [0.5, 0.6) is 5.75 Å². The maximum absolute atomic E-state index is 12.1. The number of ether oxygens (including phenoxy) is 2. The zero-order valence-corrected chi connectivity index (χ0v) is 14.7. The molecule has 0 atom stereocenters. The molecule has 0 N–H and O–H groups in total. The number of nitrogens with zero attached hydrogens (tertiary/aromatic N) is 2. The average Bonchev–Trinajstić information content (AvgIpc) is 3.16. The standard InChI is InChI=1S/C19H17ClN2O4/c20-15-8-4-5-9-17(15)25-13-19(24)26-12-18(23)22-11-10-16(21-22)14-6-2-1-3-7-14/h1-9H,10-13H2. The molecule has 6 nitrogen and oxygen atoms in total. The Kier molecular flexibility index (Phi) is 5.86. The number of rotatable bonds is 6. The highest BCUT2D eigenvalue weighted by atomic mass is 35.5. The molecule has 1 heterocycles. The Bertz CT molecular complexity index is 823. The second-order valence-corrected chi connectivity index (χ2v) is 5.97. The van der Waals surface area contributed by atoms with Crippen molar-refractivity contribution in [3.05, 3.63) is 65.2 Å². The van der Waals surface area contributed by atoms with Crippen LogP contribution < -0.4 is 4.74 Å². The van der Waals surface area contributed by atoms with Gasteiger partial charge in [0.25, 0.3) is 5.91 Å². The Labute approximate surface area is 156 Å². The lowest BCUT2D eigenvalue weighted by molar-refractivity contribution is -0.153. The SMILES string of the molecule is O=C(COc1ccccc1Cl)OCC(=O)N1CCC(c2ccccc2)=N1. The molecule has 1 aliphatic rings. The summed E-state index contributed by atoms with van der Waals surface area (Å²) in [6, 6.07) is 16.4. The number of carbonyl (C=O) groups is 2. The summed E-state index contributed by atoms with van der Waals surface area (Å²) >= 11 is 5.93. The van der Waals surface area contributed by atoms with Gasteiger partial charge >= 0.3 is 5.97 Å². The van der Waals surface area contributed by atoms with Crippen molar-refractivity contribution < 1.29 is 19.1 Å². The van der Waals surface area contributed by atoms with Gasteiger partial charge in [0.2, 0.25) is 0 Å². The fraction of sp³-hybridized carbons (Fsp3) is 0.211. The quantitative estimate of drug-likeness (QED) is 0.731. The molecule has 3 rings (SSSR count). The van der Waals surface area contributed by atoms with Crippen molar-refractivity contribution >= 4 is 29.2 Å². The van der Waals surface area contributed by atoms with Gasteiger partial charge in [-0.05, 0) is 17.7 Å². The number of esters is 1. The fourth-order valence-electron chi connectivity index (χ4n) is 2.43. The lowest BCUT2D eigenvalue weighted by Gasteiger charge is -2.12. The van der Waals surface area contributed by atoms with E-state index in [1.807, 2.05) is 30.3 Å². The van der Waals surface area contributed by atoms with Crippen LogP contribution in [0.2, 0.25) is 5.02 Å². The van der Waals surface area contributed by atoms with E-state index in [0.717, 1.165) is 11.3 Å². The minimum atomic E-state index is -0.648. The van der Waals surface area contributed by atoms with E-state index in [-0.39, 0.29) is 19.1 Å². The number of hydrogen-bond acceptors (Lipinski definition) is 5. The van der Waals surface area contributed by atoms with Gasteiger partial charge < -0.3 is 9.47 Å². The molecule has 26 heavy (non-hydrogen) atoms. The molecule has 0 bridgehead atoms. The van der Waals surface area contributed by atoms with E-state index < -0.39 is 5.97 Å². The summed E-state index contributed by atoms with van der Waals surface area (Å²) < 4.78 is 10.2. The van der Waals surface area contributed by atoms with Crippen molar-refractivity contribution in [3.63, 3.8) is 0 Å². The van der Waals surface area contributed by atoms with E-state index in [9.17, 15) is 9.59 Å². The third kappa shape index (κ3) is 4.61. The van der Waals surface area contributed by atoms with E-state index in [1.54, 1.807) is 24.3 Å². The Balaban J connectivity index is 1.46. The van der Waals surface area contributed by atoms with E-state index in [0.29, 0.717) is 23.7 Å². The molecule has 0 aliphatic carbocycles. The van der Waals surface area contributed by atoms with Crippen LogP contribution in [-0.2, 0) is 14.3 Å². The predicted octanol–water partition coefficient (Wildman–Crippen LogP) is 2.90. The molecule has 0 aromatic heterocycles. The van der Waals surface area contributed by atoms with Crippen LogP contribution in [0.15, 0.2) is 59.7 Å². The van der Waals surface area contributed by atoms with Gasteiger partial charge in [-0.1, -0.05) is 54.1 Å². The number of amides is 1. The second-order valence-electron chi connectivity index (χ2n) is 5.56. The predicted molar refractivity (Wildman–Crippen MR) is 97.2 cm³/mol. The summed E-state index contributed by atoms with van der Waals surface area (Å²) in [6.45, 7) is -0.234. The van der Waals surface area contributed by atoms with Gasteiger partial charge in [0.1, 0.15) is 5.75 Å². The number of halogens is 1. The molecule has 7 heteroatoms. The first-order valence-electron chi connectivity index (χ1n) is 8.09. The van der Waals surface area contributed by atoms with Crippen molar-refractivity contribution in [2.24, 2.45) is 5.10 Å². The largest absolute Gasteiger partial charge is 0.480 e. The van der Waals surface area contributed by atoms with Gasteiger partial charge in [-0.2, -0.15) is 5.10 Å². The van der Waals surface area contributed by atoms with Crippen molar-refractivity contribution in [2.45, 2.75) is 6.42 Å². The first-order chi connectivity index (χ1) is 12.6. The lowest BCUT2D eigenvalue weighted by atomic mass is 10.1. The molecule has 0 spiro atoms. The molecule has 2 aromatic rings. The van der Waals surface area contributed by atoms with Crippen LogP contribution >= 0.6 is 11.6 Å². The second kappa shape index (κ2) is 8.49. The maximum Gasteiger partial charge on any atom is 0.344 e. The molecule has 1 aliphatic heterocycles. The first kappa shape index (κ1) is 17.9. The van der Waals surface area contributed by atoms with E-state index in [4.69, 9.17) is 21.1 Å². The van der Waals surface area contributed by atoms with Crippen LogP contribution in [0.4, 0.5) is 0 Å². The minimum absolute atomic E-state index is 0.324. The zero-order valence-electron chi connectivity index (χ0n) is 13.9. The Hall–Kier alpha value is -2.86. The molecule has 2 aromatic carbocycles. The van der Waals surface area contributed by atoms with E-state index >= 15 is 0 Å². The molecular weight excluding hydrogens is 356 g/mol. The summed E-state index contributed by atoms with van der Waals surface area (Å²) in [5.41, 5.74) is 1.82. The third-order valence-electron chi connectivity index (χ3n) is 3.74. The van der Waals surface area contributed by atoms with Crippen LogP contribution in [0.3, 0.4) is 0 Å². The molecule has 0 fully saturated rings. The number of carbonyl (C=O) groups excluding carboxylic acids is 2. The highest BCUT2D eigenvalue weighted by molar-refractivity contribution is 6.32. The van der Waals surface area contributed by atoms with E-state index in [2.05, 4.69) is 5.10 Å². The summed E-state index contributed by atoms with van der Waals surface area (Å²) in [4.78, 5) is 23.9. The fourth-order valence-corrected chi connectivity index (χ4v) is 2.62. The van der Waals surface area contributed by atoms with Crippen LogP contribution in [0.25, 0.3) is 0 Å². The average molecular weight is 373 g/mol. The van der Waals surface area contributed by atoms with Crippen molar-refractivity contribution in [1.29, 1.82) is 0 Å². The minimum Gasteiger partial charge on any atom is -0.480 e. The van der Waals surface area contributed by atoms with Crippen LogP contribution in [-0.4, -0.2) is 42.4 Å².